The molecule has 1 unspecified atom stereocenters. The van der Waals surface area contributed by atoms with Crippen LogP contribution in [0.15, 0.2) is 12.4 Å². The molecule has 2 heterocycles. The summed E-state index contributed by atoms with van der Waals surface area (Å²) in [5.41, 5.74) is 5.95. The normalized spacial score (nSPS) is 20.2. The number of aryl methyl sites for hydroxylation is 1. The van der Waals surface area contributed by atoms with Gasteiger partial charge in [0.2, 0.25) is 11.8 Å². The summed E-state index contributed by atoms with van der Waals surface area (Å²) < 4.78 is 0. The fourth-order valence-electron chi connectivity index (χ4n) is 1.64. The van der Waals surface area contributed by atoms with Gasteiger partial charge in [-0.3, -0.25) is 19.5 Å². The van der Waals surface area contributed by atoms with Gasteiger partial charge in [0.1, 0.15) is 0 Å². The number of hydrogen-bond acceptors (Lipinski definition) is 4. The number of anilines is 1. The van der Waals surface area contributed by atoms with Crippen LogP contribution in [0.3, 0.4) is 0 Å². The number of aromatic nitrogens is 2. The van der Waals surface area contributed by atoms with Crippen molar-refractivity contribution in [2.75, 3.05) is 11.4 Å². The quantitative estimate of drug-likeness (QED) is 0.735. The van der Waals surface area contributed by atoms with Gasteiger partial charge < -0.3 is 5.73 Å². The number of primary amides is 1. The Morgan fingerprint density at radius 2 is 2.25 bits per heavy atom. The lowest BCUT2D eigenvalue weighted by Gasteiger charge is -2.14. The van der Waals surface area contributed by atoms with Crippen molar-refractivity contribution in [1.29, 1.82) is 0 Å². The Kier molecular flexibility index (Phi) is 2.55. The highest BCUT2D eigenvalue weighted by Gasteiger charge is 2.34. The molecule has 2 N–H and O–H groups in total. The van der Waals surface area contributed by atoms with Gasteiger partial charge in [0.15, 0.2) is 5.82 Å². The molecule has 6 nitrogen and oxygen atoms in total. The molecule has 0 aliphatic carbocycles. The summed E-state index contributed by atoms with van der Waals surface area (Å²) in [7, 11) is 0. The summed E-state index contributed by atoms with van der Waals surface area (Å²) in [5, 5.41) is 0. The third-order valence-corrected chi connectivity index (χ3v) is 2.57. The summed E-state index contributed by atoms with van der Waals surface area (Å²) in [6.07, 6.45) is 3.27. The molecule has 0 aromatic carbocycles. The molecule has 2 amide bonds. The van der Waals surface area contributed by atoms with Gasteiger partial charge in [-0.05, 0) is 6.92 Å². The number of nitrogens with zero attached hydrogens (tertiary/aromatic N) is 3. The van der Waals surface area contributed by atoms with Crippen molar-refractivity contribution < 1.29 is 9.59 Å². The van der Waals surface area contributed by atoms with Crippen LogP contribution in [-0.4, -0.2) is 28.3 Å². The van der Waals surface area contributed by atoms with Gasteiger partial charge in [0.25, 0.3) is 0 Å². The van der Waals surface area contributed by atoms with Gasteiger partial charge in [0.05, 0.1) is 24.0 Å². The lowest BCUT2D eigenvalue weighted by atomic mass is 10.1. The van der Waals surface area contributed by atoms with Crippen LogP contribution in [-0.2, 0) is 9.59 Å². The molecule has 0 bridgehead atoms. The first-order chi connectivity index (χ1) is 7.58. The van der Waals surface area contributed by atoms with Crippen molar-refractivity contribution in [3.05, 3.63) is 18.1 Å². The van der Waals surface area contributed by atoms with Gasteiger partial charge in [-0.1, -0.05) is 0 Å². The molecular weight excluding hydrogens is 208 g/mol. The number of amides is 2. The van der Waals surface area contributed by atoms with E-state index in [0.717, 1.165) is 5.69 Å². The minimum absolute atomic E-state index is 0.137. The van der Waals surface area contributed by atoms with Crippen LogP contribution in [0.25, 0.3) is 0 Å². The number of rotatable bonds is 2. The summed E-state index contributed by atoms with van der Waals surface area (Å²) in [5.74, 6) is -0.534. The van der Waals surface area contributed by atoms with E-state index in [-0.39, 0.29) is 12.3 Å². The van der Waals surface area contributed by atoms with E-state index in [1.165, 1.54) is 11.1 Å². The average Bonchev–Trinajstić information content (AvgIpc) is 2.62. The van der Waals surface area contributed by atoms with Gasteiger partial charge in [0, 0.05) is 13.0 Å². The molecule has 16 heavy (non-hydrogen) atoms. The van der Waals surface area contributed by atoms with Crippen molar-refractivity contribution in [2.45, 2.75) is 13.3 Å². The molecule has 84 valence electrons. The van der Waals surface area contributed by atoms with Gasteiger partial charge in [-0.25, -0.2) is 4.98 Å². The summed E-state index contributed by atoms with van der Waals surface area (Å²) in [6.45, 7) is 2.11. The van der Waals surface area contributed by atoms with Crippen LogP contribution in [0, 0.1) is 12.8 Å². The van der Waals surface area contributed by atoms with Crippen molar-refractivity contribution in [3.8, 4) is 0 Å². The summed E-state index contributed by atoms with van der Waals surface area (Å²) in [6, 6.07) is 0. The first kappa shape index (κ1) is 10.5. The van der Waals surface area contributed by atoms with E-state index in [1.54, 1.807) is 6.20 Å². The second kappa shape index (κ2) is 3.88. The smallest absolute Gasteiger partial charge is 0.229 e. The average molecular weight is 220 g/mol. The Balaban J connectivity index is 2.20. The van der Waals surface area contributed by atoms with E-state index in [0.29, 0.717) is 12.4 Å². The van der Waals surface area contributed by atoms with Crippen LogP contribution in [0.2, 0.25) is 0 Å². The zero-order valence-electron chi connectivity index (χ0n) is 8.88. The maximum absolute atomic E-state index is 11.6. The number of carbonyl (C=O) groups excluding carboxylic acids is 2. The SMILES string of the molecule is Cc1cnc(N2CC(C(N)=O)CC2=O)cn1. The molecule has 0 saturated carbocycles. The maximum Gasteiger partial charge on any atom is 0.229 e. The zero-order valence-corrected chi connectivity index (χ0v) is 8.88. The van der Waals surface area contributed by atoms with Crippen LogP contribution in [0.5, 0.6) is 0 Å². The summed E-state index contributed by atoms with van der Waals surface area (Å²) in [4.78, 5) is 32.2. The van der Waals surface area contributed by atoms with Gasteiger partial charge in [-0.2, -0.15) is 0 Å². The van der Waals surface area contributed by atoms with E-state index >= 15 is 0 Å². The first-order valence-corrected chi connectivity index (χ1v) is 4.96. The molecule has 1 aromatic rings. The molecule has 1 fully saturated rings. The topological polar surface area (TPSA) is 89.2 Å². The summed E-state index contributed by atoms with van der Waals surface area (Å²) >= 11 is 0. The lowest BCUT2D eigenvalue weighted by Crippen LogP contribution is -2.29. The molecule has 1 aliphatic heterocycles. The maximum atomic E-state index is 11.6. The standard InChI is InChI=1S/C10H12N4O2/c1-6-3-13-8(4-12-6)14-5-7(10(11)16)2-9(14)15/h3-4,7H,2,5H2,1H3,(H2,11,16). The molecule has 0 spiro atoms. The van der Waals surface area contributed by atoms with E-state index in [1.807, 2.05) is 6.92 Å². The van der Waals surface area contributed by atoms with Crippen molar-refractivity contribution in [2.24, 2.45) is 11.7 Å². The Labute approximate surface area is 92.5 Å². The Morgan fingerprint density at radius 1 is 1.50 bits per heavy atom. The molecule has 6 heteroatoms. The molecule has 1 aliphatic rings. The molecule has 1 aromatic heterocycles. The molecular formula is C10H12N4O2. The predicted octanol–water partition coefficient (Wildman–Crippen LogP) is -0.377. The molecule has 0 radical (unpaired) electrons. The Bertz CT molecular complexity index is 429. The highest BCUT2D eigenvalue weighted by molar-refractivity contribution is 5.99. The molecule has 2 rings (SSSR count). The van der Waals surface area contributed by atoms with Gasteiger partial charge in [-0.15, -0.1) is 0 Å². The predicted molar refractivity (Wildman–Crippen MR) is 56.4 cm³/mol. The van der Waals surface area contributed by atoms with E-state index in [4.69, 9.17) is 5.73 Å². The second-order valence-electron chi connectivity index (χ2n) is 3.82. The Morgan fingerprint density at radius 3 is 2.75 bits per heavy atom. The van der Waals surface area contributed by atoms with Crippen molar-refractivity contribution >= 4 is 17.6 Å². The third-order valence-electron chi connectivity index (χ3n) is 2.57. The highest BCUT2D eigenvalue weighted by Crippen LogP contribution is 2.22. The van der Waals surface area contributed by atoms with Crippen LogP contribution < -0.4 is 10.6 Å². The van der Waals surface area contributed by atoms with Crippen molar-refractivity contribution in [3.63, 3.8) is 0 Å². The van der Waals surface area contributed by atoms with E-state index in [9.17, 15) is 9.59 Å². The fourth-order valence-corrected chi connectivity index (χ4v) is 1.64. The largest absolute Gasteiger partial charge is 0.369 e. The van der Waals surface area contributed by atoms with Crippen LogP contribution in [0.1, 0.15) is 12.1 Å². The highest BCUT2D eigenvalue weighted by atomic mass is 16.2. The molecule has 1 saturated heterocycles. The van der Waals surface area contributed by atoms with Gasteiger partial charge >= 0.3 is 0 Å². The van der Waals surface area contributed by atoms with Crippen LogP contribution >= 0.6 is 0 Å². The number of hydrogen-bond donors (Lipinski definition) is 1. The lowest BCUT2D eigenvalue weighted by molar-refractivity contribution is -0.123. The van der Waals surface area contributed by atoms with E-state index < -0.39 is 11.8 Å². The zero-order chi connectivity index (χ0) is 11.7. The Hall–Kier alpha value is -1.98. The number of nitrogens with two attached hydrogens (primary N) is 1. The minimum Gasteiger partial charge on any atom is -0.369 e. The molecule has 1 atom stereocenters. The van der Waals surface area contributed by atoms with Crippen LogP contribution in [0.4, 0.5) is 5.82 Å². The van der Waals surface area contributed by atoms with Crippen molar-refractivity contribution in [1.82, 2.24) is 9.97 Å². The third kappa shape index (κ3) is 1.86. The monoisotopic (exact) mass is 220 g/mol. The fraction of sp³-hybridized carbons (Fsp3) is 0.400. The first-order valence-electron chi connectivity index (χ1n) is 4.96. The number of carbonyl (C=O) groups is 2. The minimum atomic E-state index is -0.448. The van der Waals surface area contributed by atoms with E-state index in [2.05, 4.69) is 9.97 Å². The second-order valence-corrected chi connectivity index (χ2v) is 3.82.